The van der Waals surface area contributed by atoms with Crippen molar-refractivity contribution in [3.05, 3.63) is 65.7 Å². The molecule has 1 amide bonds. The molecule has 0 spiro atoms. The summed E-state index contributed by atoms with van der Waals surface area (Å²) in [5.41, 5.74) is 2.16. The highest BCUT2D eigenvalue weighted by molar-refractivity contribution is 5.83. The van der Waals surface area contributed by atoms with Crippen molar-refractivity contribution in [2.24, 2.45) is 11.8 Å². The molecule has 0 radical (unpaired) electrons. The fourth-order valence-corrected chi connectivity index (χ4v) is 4.53. The molecule has 166 valence electrons. The van der Waals surface area contributed by atoms with Crippen LogP contribution in [0.3, 0.4) is 0 Å². The monoisotopic (exact) mass is 424 g/mol. The van der Waals surface area contributed by atoms with E-state index in [4.69, 9.17) is 5.11 Å². The highest BCUT2D eigenvalue weighted by Crippen LogP contribution is 2.40. The summed E-state index contributed by atoms with van der Waals surface area (Å²) in [7, 11) is 0. The molecule has 0 bridgehead atoms. The molecule has 1 fully saturated rings. The Bertz CT molecular complexity index is 901. The first-order valence-electron chi connectivity index (χ1n) is 10.8. The van der Waals surface area contributed by atoms with Crippen molar-refractivity contribution in [1.29, 1.82) is 0 Å². The number of nitrogens with one attached hydrogen (secondary N) is 1. The van der Waals surface area contributed by atoms with E-state index in [9.17, 15) is 14.7 Å². The molecule has 0 saturated carbocycles. The van der Waals surface area contributed by atoms with Crippen molar-refractivity contribution in [3.8, 4) is 5.75 Å². The number of phenols is 1. The van der Waals surface area contributed by atoms with Crippen LogP contribution in [0.5, 0.6) is 5.75 Å². The number of aromatic hydroxyl groups is 1. The number of likely N-dealkylation sites (tertiary alicyclic amines) is 1. The van der Waals surface area contributed by atoms with Crippen LogP contribution < -0.4 is 5.32 Å². The number of nitrogens with zero attached hydrogens (tertiary/aromatic N) is 1. The Labute approximate surface area is 183 Å². The number of aliphatic carboxylic acids is 1. The quantitative estimate of drug-likeness (QED) is 0.606. The molecule has 3 rings (SSSR count). The highest BCUT2D eigenvalue weighted by Gasteiger charge is 2.39. The van der Waals surface area contributed by atoms with Crippen molar-refractivity contribution in [2.45, 2.75) is 32.1 Å². The number of carboxylic acid groups (broad SMARTS) is 1. The molecule has 1 aliphatic rings. The lowest BCUT2D eigenvalue weighted by atomic mass is 9.68. The maximum atomic E-state index is 12.8. The molecule has 1 heterocycles. The Morgan fingerprint density at radius 3 is 2.58 bits per heavy atom. The number of benzene rings is 2. The molecular weight excluding hydrogens is 392 g/mol. The zero-order chi connectivity index (χ0) is 22.4. The number of rotatable bonds is 8. The van der Waals surface area contributed by atoms with E-state index in [1.54, 1.807) is 6.07 Å². The van der Waals surface area contributed by atoms with Crippen molar-refractivity contribution < 1.29 is 19.8 Å². The number of hydrogen-bond acceptors (Lipinski definition) is 4. The molecule has 1 saturated heterocycles. The van der Waals surface area contributed by atoms with Crippen LogP contribution >= 0.6 is 0 Å². The van der Waals surface area contributed by atoms with Crippen LogP contribution in [-0.4, -0.2) is 53.2 Å². The van der Waals surface area contributed by atoms with Gasteiger partial charge in [-0.05, 0) is 54.0 Å². The van der Waals surface area contributed by atoms with E-state index in [1.807, 2.05) is 42.5 Å². The van der Waals surface area contributed by atoms with Crippen LogP contribution in [0.4, 0.5) is 0 Å². The third-order valence-corrected chi connectivity index (χ3v) is 6.66. The van der Waals surface area contributed by atoms with Gasteiger partial charge in [0.1, 0.15) is 12.3 Å². The smallest absolute Gasteiger partial charge is 0.322 e. The fourth-order valence-electron chi connectivity index (χ4n) is 4.53. The third kappa shape index (κ3) is 5.85. The second-order valence-corrected chi connectivity index (χ2v) is 8.88. The van der Waals surface area contributed by atoms with E-state index >= 15 is 0 Å². The SMILES string of the molecule is CC1CN(CC(Cc2ccccc2)C(=O)NCC(=O)O)CC[C@@]1(C)c1cccc(O)c1. The Hall–Kier alpha value is -2.86. The van der Waals surface area contributed by atoms with E-state index in [2.05, 4.69) is 30.1 Å². The maximum absolute atomic E-state index is 12.8. The topological polar surface area (TPSA) is 89.9 Å². The number of phenolic OH excluding ortho intramolecular Hbond substituents is 1. The normalized spacial score (nSPS) is 22.6. The molecule has 31 heavy (non-hydrogen) atoms. The fraction of sp³-hybridized carbons (Fsp3) is 0.440. The average Bonchev–Trinajstić information content (AvgIpc) is 2.75. The lowest BCUT2D eigenvalue weighted by Gasteiger charge is -2.45. The van der Waals surface area contributed by atoms with Crippen molar-refractivity contribution in [3.63, 3.8) is 0 Å². The lowest BCUT2D eigenvalue weighted by molar-refractivity contribution is -0.138. The Morgan fingerprint density at radius 1 is 1.19 bits per heavy atom. The molecule has 2 aromatic carbocycles. The predicted octanol–water partition coefficient (Wildman–Crippen LogP) is 3.05. The van der Waals surface area contributed by atoms with Crippen molar-refractivity contribution in [2.75, 3.05) is 26.2 Å². The van der Waals surface area contributed by atoms with Crippen LogP contribution in [-0.2, 0) is 21.4 Å². The molecule has 6 heteroatoms. The van der Waals surface area contributed by atoms with Crippen molar-refractivity contribution in [1.82, 2.24) is 10.2 Å². The van der Waals surface area contributed by atoms with Gasteiger partial charge in [-0.25, -0.2) is 0 Å². The van der Waals surface area contributed by atoms with E-state index in [0.717, 1.165) is 30.6 Å². The molecule has 3 atom stereocenters. The first-order chi connectivity index (χ1) is 14.8. The van der Waals surface area contributed by atoms with Gasteiger partial charge in [-0.3, -0.25) is 9.59 Å². The van der Waals surface area contributed by atoms with Gasteiger partial charge in [0.2, 0.25) is 5.91 Å². The van der Waals surface area contributed by atoms with Crippen LogP contribution in [0.15, 0.2) is 54.6 Å². The number of amides is 1. The molecule has 6 nitrogen and oxygen atoms in total. The van der Waals surface area contributed by atoms with Gasteiger partial charge in [0.05, 0.1) is 5.92 Å². The summed E-state index contributed by atoms with van der Waals surface area (Å²) >= 11 is 0. The van der Waals surface area contributed by atoms with Crippen LogP contribution in [0.25, 0.3) is 0 Å². The Balaban J connectivity index is 1.69. The predicted molar refractivity (Wildman–Crippen MR) is 120 cm³/mol. The van der Waals surface area contributed by atoms with Gasteiger partial charge in [-0.1, -0.05) is 56.3 Å². The lowest BCUT2D eigenvalue weighted by Crippen LogP contribution is -2.50. The molecule has 1 aliphatic heterocycles. The summed E-state index contributed by atoms with van der Waals surface area (Å²) in [5.74, 6) is -0.964. The first kappa shape index (κ1) is 22.8. The molecule has 3 N–H and O–H groups in total. The average molecular weight is 425 g/mol. The van der Waals surface area contributed by atoms with Crippen LogP contribution in [0.1, 0.15) is 31.4 Å². The van der Waals surface area contributed by atoms with Gasteiger partial charge in [0.25, 0.3) is 0 Å². The molecule has 0 aromatic heterocycles. The second kappa shape index (κ2) is 9.96. The Morgan fingerprint density at radius 2 is 1.94 bits per heavy atom. The summed E-state index contributed by atoms with van der Waals surface area (Å²) in [6.07, 6.45) is 1.49. The van der Waals surface area contributed by atoms with E-state index < -0.39 is 5.97 Å². The number of carboxylic acids is 1. The maximum Gasteiger partial charge on any atom is 0.322 e. The van der Waals surface area contributed by atoms with Gasteiger partial charge < -0.3 is 20.4 Å². The summed E-state index contributed by atoms with van der Waals surface area (Å²) in [4.78, 5) is 26.0. The number of piperidine rings is 1. The number of carbonyl (C=O) groups excluding carboxylic acids is 1. The summed E-state index contributed by atoms with van der Waals surface area (Å²) in [6, 6.07) is 17.3. The third-order valence-electron chi connectivity index (χ3n) is 6.66. The van der Waals surface area contributed by atoms with Gasteiger partial charge in [0, 0.05) is 13.1 Å². The number of carbonyl (C=O) groups is 2. The zero-order valence-corrected chi connectivity index (χ0v) is 18.3. The first-order valence-corrected chi connectivity index (χ1v) is 10.8. The molecule has 2 unspecified atom stereocenters. The van der Waals surface area contributed by atoms with Gasteiger partial charge in [-0.15, -0.1) is 0 Å². The van der Waals surface area contributed by atoms with E-state index in [1.165, 1.54) is 0 Å². The summed E-state index contributed by atoms with van der Waals surface area (Å²) < 4.78 is 0. The highest BCUT2D eigenvalue weighted by atomic mass is 16.4. The van der Waals surface area contributed by atoms with Gasteiger partial charge in [-0.2, -0.15) is 0 Å². The Kier molecular flexibility index (Phi) is 7.33. The minimum atomic E-state index is -1.04. The zero-order valence-electron chi connectivity index (χ0n) is 18.3. The second-order valence-electron chi connectivity index (χ2n) is 8.88. The van der Waals surface area contributed by atoms with Gasteiger partial charge in [0.15, 0.2) is 0 Å². The van der Waals surface area contributed by atoms with E-state index in [0.29, 0.717) is 18.9 Å². The minimum Gasteiger partial charge on any atom is -0.508 e. The van der Waals surface area contributed by atoms with Crippen LogP contribution in [0.2, 0.25) is 0 Å². The molecule has 2 aromatic rings. The largest absolute Gasteiger partial charge is 0.508 e. The van der Waals surface area contributed by atoms with Crippen molar-refractivity contribution >= 4 is 11.9 Å². The summed E-state index contributed by atoms with van der Waals surface area (Å²) in [6.45, 7) is 6.35. The van der Waals surface area contributed by atoms with E-state index in [-0.39, 0.29) is 29.5 Å². The van der Waals surface area contributed by atoms with Crippen LogP contribution in [0, 0.1) is 11.8 Å². The number of hydrogen-bond donors (Lipinski definition) is 3. The summed E-state index contributed by atoms with van der Waals surface area (Å²) in [5, 5.41) is 21.4. The standard InChI is InChI=1S/C25H32N2O4/c1-18-16-27(12-11-25(18,2)21-9-6-10-22(28)14-21)17-20(24(31)26-15-23(29)30)13-19-7-4-3-5-8-19/h3-10,14,18,20,28H,11-13,15-17H2,1-2H3,(H,26,31)(H,29,30)/t18?,20?,25-/m1/s1. The van der Waals surface area contributed by atoms with Gasteiger partial charge >= 0.3 is 5.97 Å². The molecule has 0 aliphatic carbocycles. The molecular formula is C25H32N2O4. The minimum absolute atomic E-state index is 0.0459.